The molecule has 0 radical (unpaired) electrons. The zero-order valence-electron chi connectivity index (χ0n) is 15.0. The van der Waals surface area contributed by atoms with Crippen molar-refractivity contribution in [3.63, 3.8) is 0 Å². The summed E-state index contributed by atoms with van der Waals surface area (Å²) in [6.45, 7) is 7.01. The van der Waals surface area contributed by atoms with Crippen molar-refractivity contribution >= 4 is 11.9 Å². The van der Waals surface area contributed by atoms with Crippen LogP contribution in [0, 0.1) is 0 Å². The van der Waals surface area contributed by atoms with Crippen molar-refractivity contribution in [1.29, 1.82) is 0 Å². The number of carbonyl (C=O) groups is 1. The number of esters is 1. The molecule has 1 heterocycles. The van der Waals surface area contributed by atoms with Gasteiger partial charge in [0.05, 0.1) is 0 Å². The van der Waals surface area contributed by atoms with Crippen LogP contribution in [0.15, 0.2) is 29.4 Å². The molecule has 0 fully saturated rings. The maximum atomic E-state index is 11.5. The molecular weight excluding hydrogens is 304 g/mol. The molecule has 1 aromatic rings. The van der Waals surface area contributed by atoms with Gasteiger partial charge >= 0.3 is 5.97 Å². The van der Waals surface area contributed by atoms with Crippen LogP contribution >= 0.6 is 0 Å². The molecule has 0 aliphatic rings. The second-order valence-electron chi connectivity index (χ2n) is 6.66. The van der Waals surface area contributed by atoms with Gasteiger partial charge in [-0.1, -0.05) is 12.5 Å². The molecule has 6 nitrogen and oxygen atoms in total. The molecular formula is C18H30N4O2. The highest BCUT2D eigenvalue weighted by Gasteiger charge is 2.15. The smallest absolute Gasteiger partial charge is 0.306 e. The Balaban J connectivity index is 2.04. The van der Waals surface area contributed by atoms with E-state index >= 15 is 0 Å². The maximum absolute atomic E-state index is 11.5. The summed E-state index contributed by atoms with van der Waals surface area (Å²) in [4.78, 5) is 20.1. The standard InChI is InChI=1S/C18H30N4O2/c1-18(2,3)24-16(23)10-5-4-7-13-21-17(19)22-14-11-15-9-6-8-12-20-15/h6,8-9,12H,4-5,7,10-11,13-14H2,1-3H3,(H3,19,21,22). The van der Waals surface area contributed by atoms with Crippen molar-refractivity contribution in [1.82, 2.24) is 10.3 Å². The summed E-state index contributed by atoms with van der Waals surface area (Å²) in [5.74, 6) is 0.319. The quantitative estimate of drug-likeness (QED) is 0.313. The van der Waals surface area contributed by atoms with E-state index in [1.165, 1.54) is 0 Å². The van der Waals surface area contributed by atoms with E-state index in [0.29, 0.717) is 25.5 Å². The normalized spacial score (nSPS) is 12.0. The van der Waals surface area contributed by atoms with Crippen molar-refractivity contribution in [2.24, 2.45) is 10.7 Å². The first-order chi connectivity index (χ1) is 11.4. The molecule has 0 spiro atoms. The highest BCUT2D eigenvalue weighted by Crippen LogP contribution is 2.10. The Hall–Kier alpha value is -2.11. The molecule has 24 heavy (non-hydrogen) atoms. The van der Waals surface area contributed by atoms with Gasteiger partial charge in [0.1, 0.15) is 5.60 Å². The molecule has 0 amide bonds. The van der Waals surface area contributed by atoms with Gasteiger partial charge in [0.15, 0.2) is 5.96 Å². The Bertz CT molecular complexity index is 510. The van der Waals surface area contributed by atoms with E-state index in [2.05, 4.69) is 15.3 Å². The molecule has 0 unspecified atom stereocenters. The number of hydrogen-bond donors (Lipinski definition) is 2. The first-order valence-electron chi connectivity index (χ1n) is 8.52. The largest absolute Gasteiger partial charge is 0.460 e. The number of carbonyl (C=O) groups excluding carboxylic acids is 1. The highest BCUT2D eigenvalue weighted by atomic mass is 16.6. The third-order valence-electron chi connectivity index (χ3n) is 3.15. The number of hydrogen-bond acceptors (Lipinski definition) is 4. The molecule has 0 saturated heterocycles. The zero-order valence-corrected chi connectivity index (χ0v) is 15.0. The van der Waals surface area contributed by atoms with Crippen molar-refractivity contribution in [3.05, 3.63) is 30.1 Å². The minimum absolute atomic E-state index is 0.137. The van der Waals surface area contributed by atoms with Crippen molar-refractivity contribution < 1.29 is 9.53 Å². The Morgan fingerprint density at radius 2 is 2.08 bits per heavy atom. The molecule has 1 aromatic heterocycles. The topological polar surface area (TPSA) is 89.6 Å². The van der Waals surface area contributed by atoms with Crippen molar-refractivity contribution in [2.75, 3.05) is 13.1 Å². The first kappa shape index (κ1) is 19.9. The molecule has 0 atom stereocenters. The van der Waals surface area contributed by atoms with Crippen LogP contribution in [-0.4, -0.2) is 35.6 Å². The lowest BCUT2D eigenvalue weighted by Crippen LogP contribution is -2.33. The summed E-state index contributed by atoms with van der Waals surface area (Å²) in [6, 6.07) is 5.85. The highest BCUT2D eigenvalue weighted by molar-refractivity contribution is 5.77. The SMILES string of the molecule is CC(C)(C)OC(=O)CCCCCN=C(N)NCCc1ccccn1. The van der Waals surface area contributed by atoms with Gasteiger partial charge in [0.25, 0.3) is 0 Å². The average molecular weight is 334 g/mol. The fourth-order valence-electron chi connectivity index (χ4n) is 2.07. The molecule has 134 valence electrons. The van der Waals surface area contributed by atoms with E-state index in [0.717, 1.165) is 31.4 Å². The summed E-state index contributed by atoms with van der Waals surface area (Å²) in [6.07, 6.45) is 5.71. The Morgan fingerprint density at radius 3 is 2.75 bits per heavy atom. The summed E-state index contributed by atoms with van der Waals surface area (Å²) >= 11 is 0. The van der Waals surface area contributed by atoms with Crippen LogP contribution in [0.1, 0.15) is 52.1 Å². The number of nitrogens with two attached hydrogens (primary N) is 1. The average Bonchev–Trinajstić information content (AvgIpc) is 2.50. The van der Waals surface area contributed by atoms with Gasteiger partial charge in [0, 0.05) is 37.8 Å². The van der Waals surface area contributed by atoms with Gasteiger partial charge in [0.2, 0.25) is 0 Å². The number of pyridine rings is 1. The van der Waals surface area contributed by atoms with E-state index in [1.54, 1.807) is 6.20 Å². The number of nitrogens with one attached hydrogen (secondary N) is 1. The van der Waals surface area contributed by atoms with E-state index in [1.807, 2.05) is 39.0 Å². The summed E-state index contributed by atoms with van der Waals surface area (Å²) in [5, 5.41) is 3.08. The number of guanidine groups is 1. The summed E-state index contributed by atoms with van der Waals surface area (Å²) in [5.41, 5.74) is 6.44. The van der Waals surface area contributed by atoms with E-state index < -0.39 is 5.60 Å². The zero-order chi connectivity index (χ0) is 17.8. The molecule has 3 N–H and O–H groups in total. The molecule has 0 aliphatic heterocycles. The molecule has 0 bridgehead atoms. The van der Waals surface area contributed by atoms with Crippen molar-refractivity contribution in [2.45, 2.75) is 58.5 Å². The minimum Gasteiger partial charge on any atom is -0.460 e. The number of unbranched alkanes of at least 4 members (excludes halogenated alkanes) is 2. The summed E-state index contributed by atoms with van der Waals surface area (Å²) < 4.78 is 5.26. The van der Waals surface area contributed by atoms with Crippen LogP contribution in [0.2, 0.25) is 0 Å². The molecule has 6 heteroatoms. The van der Waals surface area contributed by atoms with Crippen LogP contribution < -0.4 is 11.1 Å². The lowest BCUT2D eigenvalue weighted by molar-refractivity contribution is -0.154. The van der Waals surface area contributed by atoms with Gasteiger partial charge in [-0.15, -0.1) is 0 Å². The van der Waals surface area contributed by atoms with Crippen LogP contribution in [0.4, 0.5) is 0 Å². The first-order valence-corrected chi connectivity index (χ1v) is 8.52. The van der Waals surface area contributed by atoms with E-state index in [9.17, 15) is 4.79 Å². The van der Waals surface area contributed by atoms with Crippen LogP contribution in [0.3, 0.4) is 0 Å². The third-order valence-corrected chi connectivity index (χ3v) is 3.15. The van der Waals surface area contributed by atoms with E-state index in [4.69, 9.17) is 10.5 Å². The van der Waals surface area contributed by atoms with Crippen LogP contribution in [0.5, 0.6) is 0 Å². The van der Waals surface area contributed by atoms with Gasteiger partial charge < -0.3 is 15.8 Å². The fourth-order valence-corrected chi connectivity index (χ4v) is 2.07. The van der Waals surface area contributed by atoms with Crippen LogP contribution in [0.25, 0.3) is 0 Å². The lowest BCUT2D eigenvalue weighted by Gasteiger charge is -2.19. The number of aliphatic imine (C=N–C) groups is 1. The third kappa shape index (κ3) is 10.6. The lowest BCUT2D eigenvalue weighted by atomic mass is 10.1. The second-order valence-corrected chi connectivity index (χ2v) is 6.66. The molecule has 0 aliphatic carbocycles. The number of aromatic nitrogens is 1. The fraction of sp³-hybridized carbons (Fsp3) is 0.611. The molecule has 1 rings (SSSR count). The van der Waals surface area contributed by atoms with Gasteiger partial charge in [-0.05, 0) is 45.7 Å². The summed E-state index contributed by atoms with van der Waals surface area (Å²) in [7, 11) is 0. The van der Waals surface area contributed by atoms with Crippen molar-refractivity contribution in [3.8, 4) is 0 Å². The van der Waals surface area contributed by atoms with Gasteiger partial charge in [-0.3, -0.25) is 14.8 Å². The second kappa shape index (κ2) is 10.6. The number of nitrogens with zero attached hydrogens (tertiary/aromatic N) is 2. The monoisotopic (exact) mass is 334 g/mol. The predicted molar refractivity (Wildman–Crippen MR) is 96.7 cm³/mol. The Morgan fingerprint density at radius 1 is 1.29 bits per heavy atom. The maximum Gasteiger partial charge on any atom is 0.306 e. The molecule has 0 saturated carbocycles. The minimum atomic E-state index is -0.406. The number of rotatable bonds is 9. The number of ether oxygens (including phenoxy) is 1. The Labute approximate surface area is 144 Å². The van der Waals surface area contributed by atoms with Gasteiger partial charge in [-0.25, -0.2) is 0 Å². The van der Waals surface area contributed by atoms with Gasteiger partial charge in [-0.2, -0.15) is 0 Å². The molecule has 0 aromatic carbocycles. The van der Waals surface area contributed by atoms with Crippen LogP contribution in [-0.2, 0) is 16.0 Å². The van der Waals surface area contributed by atoms with E-state index in [-0.39, 0.29) is 5.97 Å². The predicted octanol–water partition coefficient (Wildman–Crippen LogP) is 2.43. The Kier molecular flexibility index (Phi) is 8.83.